The van der Waals surface area contributed by atoms with Crippen molar-refractivity contribution in [1.82, 2.24) is 14.9 Å². The molecule has 1 amide bonds. The summed E-state index contributed by atoms with van der Waals surface area (Å²) in [5.41, 5.74) is 0. The van der Waals surface area contributed by atoms with Crippen LogP contribution in [0.4, 0.5) is 10.6 Å². The maximum absolute atomic E-state index is 11.3. The lowest BCUT2D eigenvalue weighted by Crippen LogP contribution is -2.36. The summed E-state index contributed by atoms with van der Waals surface area (Å²) in [6.45, 7) is 1.60. The third-order valence-electron chi connectivity index (χ3n) is 1.36. The SMILES string of the molecule is CCOC(=O)NS(=O)(=O)Nc1ccc(Cl)nn1. The molecule has 1 rings (SSSR count). The minimum absolute atomic E-state index is 0.0576. The van der Waals surface area contributed by atoms with Gasteiger partial charge in [0.25, 0.3) is 0 Å². The lowest BCUT2D eigenvalue weighted by Gasteiger charge is -2.07. The predicted molar refractivity (Wildman–Crippen MR) is 59.7 cm³/mol. The molecule has 1 aromatic rings. The molecule has 2 N–H and O–H groups in total. The van der Waals surface area contributed by atoms with Crippen LogP contribution in [0, 0.1) is 0 Å². The Bertz CT molecular complexity index is 489. The fourth-order valence-corrected chi connectivity index (χ4v) is 1.62. The van der Waals surface area contributed by atoms with E-state index in [9.17, 15) is 13.2 Å². The molecule has 0 aliphatic heterocycles. The minimum atomic E-state index is -4.09. The fourth-order valence-electron chi connectivity index (χ4n) is 0.804. The van der Waals surface area contributed by atoms with Gasteiger partial charge in [0.1, 0.15) is 0 Å². The number of hydrogen-bond acceptors (Lipinski definition) is 6. The molecule has 17 heavy (non-hydrogen) atoms. The number of halogens is 1. The van der Waals surface area contributed by atoms with Crippen LogP contribution in [-0.4, -0.2) is 31.3 Å². The standard InChI is InChI=1S/C7H9ClN4O4S/c1-2-16-7(13)12-17(14,15)11-6-4-3-5(8)9-10-6/h3-4H,2H2,1H3,(H,10,11)(H,12,13). The molecule has 0 radical (unpaired) electrons. The number of hydrogen-bond donors (Lipinski definition) is 2. The Hall–Kier alpha value is -1.61. The molecule has 10 heteroatoms. The largest absolute Gasteiger partial charge is 0.449 e. The highest BCUT2D eigenvalue weighted by molar-refractivity contribution is 7.91. The van der Waals surface area contributed by atoms with Gasteiger partial charge in [-0.25, -0.2) is 14.2 Å². The van der Waals surface area contributed by atoms with Gasteiger partial charge in [-0.05, 0) is 19.1 Å². The van der Waals surface area contributed by atoms with Crippen molar-refractivity contribution in [2.75, 3.05) is 11.3 Å². The van der Waals surface area contributed by atoms with Gasteiger partial charge in [-0.3, -0.25) is 0 Å². The Kier molecular flexibility index (Phi) is 4.46. The van der Waals surface area contributed by atoms with E-state index in [1.165, 1.54) is 12.1 Å². The molecule has 0 fully saturated rings. The number of anilines is 1. The number of amides is 1. The van der Waals surface area contributed by atoms with Crippen LogP contribution in [0.15, 0.2) is 12.1 Å². The normalized spacial score (nSPS) is 10.7. The highest BCUT2D eigenvalue weighted by Gasteiger charge is 2.15. The molecule has 1 aromatic heterocycles. The van der Waals surface area contributed by atoms with E-state index in [0.717, 1.165) is 0 Å². The van der Waals surface area contributed by atoms with Crippen molar-refractivity contribution >= 4 is 33.7 Å². The van der Waals surface area contributed by atoms with Gasteiger partial charge in [-0.2, -0.15) is 8.42 Å². The van der Waals surface area contributed by atoms with Gasteiger partial charge in [0.15, 0.2) is 11.0 Å². The van der Waals surface area contributed by atoms with Crippen LogP contribution >= 0.6 is 11.6 Å². The molecule has 0 saturated carbocycles. The second-order valence-corrected chi connectivity index (χ2v) is 4.47. The first kappa shape index (κ1) is 13.5. The Morgan fingerprint density at radius 1 is 1.47 bits per heavy atom. The molecule has 1 heterocycles. The van der Waals surface area contributed by atoms with E-state index in [4.69, 9.17) is 11.6 Å². The molecule has 0 bridgehead atoms. The quantitative estimate of drug-likeness (QED) is 0.832. The zero-order chi connectivity index (χ0) is 12.9. The number of carbonyl (C=O) groups is 1. The van der Waals surface area contributed by atoms with E-state index in [1.54, 1.807) is 11.6 Å². The van der Waals surface area contributed by atoms with Crippen LogP contribution in [0.3, 0.4) is 0 Å². The highest BCUT2D eigenvalue weighted by Crippen LogP contribution is 2.06. The van der Waals surface area contributed by atoms with Gasteiger partial charge < -0.3 is 4.74 Å². The number of nitrogens with one attached hydrogen (secondary N) is 2. The Balaban J connectivity index is 2.66. The molecular formula is C7H9ClN4O4S. The molecule has 8 nitrogen and oxygen atoms in total. The minimum Gasteiger partial charge on any atom is -0.449 e. The summed E-state index contributed by atoms with van der Waals surface area (Å²) < 4.78 is 30.7. The Morgan fingerprint density at radius 2 is 2.18 bits per heavy atom. The fraction of sp³-hybridized carbons (Fsp3) is 0.286. The van der Waals surface area contributed by atoms with Gasteiger partial charge >= 0.3 is 16.3 Å². The first-order valence-electron chi connectivity index (χ1n) is 4.39. The maximum atomic E-state index is 11.3. The van der Waals surface area contributed by atoms with Crippen molar-refractivity contribution in [3.63, 3.8) is 0 Å². The molecule has 0 atom stereocenters. The molecular weight excluding hydrogens is 272 g/mol. The maximum Gasteiger partial charge on any atom is 0.422 e. The second-order valence-electron chi connectivity index (χ2n) is 2.67. The molecule has 0 aromatic carbocycles. The number of nitrogens with zero attached hydrogens (tertiary/aromatic N) is 2. The monoisotopic (exact) mass is 280 g/mol. The zero-order valence-electron chi connectivity index (χ0n) is 8.68. The zero-order valence-corrected chi connectivity index (χ0v) is 10.2. The Morgan fingerprint density at radius 3 is 2.71 bits per heavy atom. The topological polar surface area (TPSA) is 110 Å². The van der Waals surface area contributed by atoms with Crippen LogP contribution in [-0.2, 0) is 14.9 Å². The van der Waals surface area contributed by atoms with Crippen LogP contribution in [0.2, 0.25) is 5.15 Å². The van der Waals surface area contributed by atoms with Crippen LogP contribution in [0.25, 0.3) is 0 Å². The summed E-state index contributed by atoms with van der Waals surface area (Å²) in [7, 11) is -4.09. The number of rotatable bonds is 4. The van der Waals surface area contributed by atoms with Crippen molar-refractivity contribution in [2.24, 2.45) is 0 Å². The van der Waals surface area contributed by atoms with Crippen molar-refractivity contribution in [1.29, 1.82) is 0 Å². The van der Waals surface area contributed by atoms with E-state index < -0.39 is 16.3 Å². The predicted octanol–water partition coefficient (Wildman–Crippen LogP) is 0.533. The van der Waals surface area contributed by atoms with Crippen molar-refractivity contribution in [2.45, 2.75) is 6.92 Å². The molecule has 0 aliphatic carbocycles. The average Bonchev–Trinajstić information content (AvgIpc) is 2.20. The number of ether oxygens (including phenoxy) is 1. The van der Waals surface area contributed by atoms with Crippen molar-refractivity contribution < 1.29 is 17.9 Å². The van der Waals surface area contributed by atoms with Gasteiger partial charge in [-0.15, -0.1) is 10.2 Å². The van der Waals surface area contributed by atoms with E-state index in [0.29, 0.717) is 0 Å². The first-order chi connectivity index (χ1) is 7.93. The smallest absolute Gasteiger partial charge is 0.422 e. The molecule has 0 saturated heterocycles. The third-order valence-corrected chi connectivity index (χ3v) is 2.48. The highest BCUT2D eigenvalue weighted by atomic mass is 35.5. The van der Waals surface area contributed by atoms with Crippen LogP contribution in [0.1, 0.15) is 6.92 Å². The lowest BCUT2D eigenvalue weighted by atomic mass is 10.5. The second kappa shape index (κ2) is 5.64. The van der Waals surface area contributed by atoms with E-state index in [2.05, 4.69) is 14.9 Å². The van der Waals surface area contributed by atoms with Crippen LogP contribution < -0.4 is 9.44 Å². The van der Waals surface area contributed by atoms with Crippen molar-refractivity contribution in [3.8, 4) is 0 Å². The number of aromatic nitrogens is 2. The molecule has 0 unspecified atom stereocenters. The third kappa shape index (κ3) is 4.83. The average molecular weight is 281 g/mol. The summed E-state index contributed by atoms with van der Waals surface area (Å²) >= 11 is 5.47. The van der Waals surface area contributed by atoms with Gasteiger partial charge in [0.05, 0.1) is 6.61 Å². The first-order valence-corrected chi connectivity index (χ1v) is 6.25. The van der Waals surface area contributed by atoms with E-state index in [-0.39, 0.29) is 17.6 Å². The molecule has 0 spiro atoms. The van der Waals surface area contributed by atoms with Gasteiger partial charge in [-0.1, -0.05) is 11.6 Å². The van der Waals surface area contributed by atoms with Crippen LogP contribution in [0.5, 0.6) is 0 Å². The summed E-state index contributed by atoms with van der Waals surface area (Å²) in [6.07, 6.45) is -1.08. The lowest BCUT2D eigenvalue weighted by molar-refractivity contribution is 0.159. The summed E-state index contributed by atoms with van der Waals surface area (Å²) in [5.74, 6) is -0.0776. The van der Waals surface area contributed by atoms with Gasteiger partial charge in [0, 0.05) is 0 Å². The molecule has 94 valence electrons. The summed E-state index contributed by atoms with van der Waals surface area (Å²) in [6, 6.07) is 2.64. The van der Waals surface area contributed by atoms with E-state index >= 15 is 0 Å². The molecule has 0 aliphatic rings. The Labute approximate surface area is 103 Å². The summed E-state index contributed by atoms with van der Waals surface area (Å²) in [4.78, 5) is 10.9. The van der Waals surface area contributed by atoms with Crippen molar-refractivity contribution in [3.05, 3.63) is 17.3 Å². The van der Waals surface area contributed by atoms with E-state index in [1.807, 2.05) is 4.72 Å². The number of carbonyl (C=O) groups excluding carboxylic acids is 1. The summed E-state index contributed by atoms with van der Waals surface area (Å²) in [5, 5.41) is 6.99. The van der Waals surface area contributed by atoms with Gasteiger partial charge in [0.2, 0.25) is 0 Å².